The molecule has 0 bridgehead atoms. The van der Waals surface area contributed by atoms with Gasteiger partial charge in [-0.05, 0) is 37.3 Å². The van der Waals surface area contributed by atoms with Crippen LogP contribution in [0.25, 0.3) is 0 Å². The van der Waals surface area contributed by atoms with E-state index >= 15 is 0 Å². The summed E-state index contributed by atoms with van der Waals surface area (Å²) in [7, 11) is 1.43. The number of hydrogen-bond acceptors (Lipinski definition) is 5. The van der Waals surface area contributed by atoms with Crippen molar-refractivity contribution in [2.24, 2.45) is 0 Å². The molecule has 0 spiro atoms. The van der Waals surface area contributed by atoms with Crippen LogP contribution in [0.3, 0.4) is 0 Å². The molecule has 0 unspecified atom stereocenters. The molecule has 1 N–H and O–H groups in total. The topological polar surface area (TPSA) is 98.5 Å². The van der Waals surface area contributed by atoms with Gasteiger partial charge in [0, 0.05) is 24.2 Å². The summed E-state index contributed by atoms with van der Waals surface area (Å²) < 4.78 is 5.49. The van der Waals surface area contributed by atoms with Gasteiger partial charge in [0.15, 0.2) is 5.78 Å². The third-order valence-electron chi connectivity index (χ3n) is 3.20. The number of nitrogens with zero attached hydrogens (tertiary/aromatic N) is 1. The Morgan fingerprint density at radius 2 is 1.75 bits per heavy atom. The highest BCUT2D eigenvalue weighted by Gasteiger charge is 2.20. The van der Waals surface area contributed by atoms with E-state index in [2.05, 4.69) is 5.32 Å². The Morgan fingerprint density at radius 1 is 1.12 bits per heavy atom. The van der Waals surface area contributed by atoms with E-state index in [-0.39, 0.29) is 33.6 Å². The fraction of sp³-hybridized carbons (Fsp3) is 0.125. The van der Waals surface area contributed by atoms with E-state index in [0.717, 1.165) is 6.07 Å². The van der Waals surface area contributed by atoms with Crippen LogP contribution < -0.4 is 10.1 Å². The van der Waals surface area contributed by atoms with Crippen molar-refractivity contribution in [3.63, 3.8) is 0 Å². The number of Topliss-reactive ketones (excluding diaryl/α,β-unsaturated/α-hetero) is 1. The molecule has 2 aromatic carbocycles. The number of carbonyl (C=O) groups is 2. The SMILES string of the molecule is CNC(=O)c1ccc(Oc2ccc(C(C)=O)cc2Cl)c([N+](=O)[O-])c1. The number of nitrogens with one attached hydrogen (secondary N) is 1. The Morgan fingerprint density at radius 3 is 2.29 bits per heavy atom. The third kappa shape index (κ3) is 3.69. The molecule has 0 aliphatic rings. The van der Waals surface area contributed by atoms with Crippen LogP contribution in [0.1, 0.15) is 27.6 Å². The standard InChI is InChI=1S/C16H13ClN2O5/c1-9(20)10-3-5-14(12(17)7-10)24-15-6-4-11(16(21)18-2)8-13(15)19(22)23/h3-8H,1-2H3,(H,18,21). The first-order valence-corrected chi connectivity index (χ1v) is 7.20. The molecule has 2 aromatic rings. The predicted molar refractivity (Wildman–Crippen MR) is 88.0 cm³/mol. The van der Waals surface area contributed by atoms with Gasteiger partial charge in [-0.1, -0.05) is 11.6 Å². The summed E-state index contributed by atoms with van der Waals surface area (Å²) in [6, 6.07) is 8.22. The number of ketones is 1. The second-order valence-electron chi connectivity index (χ2n) is 4.82. The van der Waals surface area contributed by atoms with Crippen LogP contribution in [0.15, 0.2) is 36.4 Å². The van der Waals surface area contributed by atoms with E-state index in [0.29, 0.717) is 5.56 Å². The molecular formula is C16H13ClN2O5. The number of halogens is 1. The first-order valence-electron chi connectivity index (χ1n) is 6.82. The summed E-state index contributed by atoms with van der Waals surface area (Å²) in [5.74, 6) is -0.513. The number of nitro benzene ring substituents is 1. The zero-order chi connectivity index (χ0) is 17.9. The Labute approximate surface area is 142 Å². The summed E-state index contributed by atoms with van der Waals surface area (Å²) in [5.41, 5.74) is 0.161. The number of rotatable bonds is 5. The lowest BCUT2D eigenvalue weighted by Gasteiger charge is -2.10. The number of amides is 1. The smallest absolute Gasteiger partial charge is 0.312 e. The maximum absolute atomic E-state index is 11.6. The first kappa shape index (κ1) is 17.4. The molecule has 0 radical (unpaired) electrons. The molecule has 1 amide bonds. The Bertz CT molecular complexity index is 835. The van der Waals surface area contributed by atoms with Gasteiger partial charge in [0.25, 0.3) is 5.91 Å². The maximum atomic E-state index is 11.6. The molecule has 0 aromatic heterocycles. The third-order valence-corrected chi connectivity index (χ3v) is 3.50. The minimum absolute atomic E-state index is 0.0647. The van der Waals surface area contributed by atoms with Crippen molar-refractivity contribution in [1.29, 1.82) is 0 Å². The highest BCUT2D eigenvalue weighted by Crippen LogP contribution is 2.35. The van der Waals surface area contributed by atoms with Gasteiger partial charge in [-0.15, -0.1) is 0 Å². The molecule has 0 atom stereocenters. The Hall–Kier alpha value is -2.93. The van der Waals surface area contributed by atoms with Crippen molar-refractivity contribution in [2.45, 2.75) is 6.92 Å². The van der Waals surface area contributed by atoms with Gasteiger partial charge in [-0.2, -0.15) is 0 Å². The molecule has 7 nitrogen and oxygen atoms in total. The fourth-order valence-corrected chi connectivity index (χ4v) is 2.17. The average Bonchev–Trinajstić information content (AvgIpc) is 2.55. The molecule has 8 heteroatoms. The van der Waals surface area contributed by atoms with Gasteiger partial charge in [0.2, 0.25) is 5.75 Å². The van der Waals surface area contributed by atoms with E-state index in [1.54, 1.807) is 0 Å². The van der Waals surface area contributed by atoms with Crippen LogP contribution in [-0.2, 0) is 0 Å². The highest BCUT2D eigenvalue weighted by atomic mass is 35.5. The van der Waals surface area contributed by atoms with E-state index < -0.39 is 10.8 Å². The van der Waals surface area contributed by atoms with E-state index in [9.17, 15) is 19.7 Å². The monoisotopic (exact) mass is 348 g/mol. The first-order chi connectivity index (χ1) is 11.3. The highest BCUT2D eigenvalue weighted by molar-refractivity contribution is 6.32. The lowest BCUT2D eigenvalue weighted by molar-refractivity contribution is -0.385. The summed E-state index contributed by atoms with van der Waals surface area (Å²) in [4.78, 5) is 33.5. The molecule has 0 aliphatic heterocycles. The summed E-state index contributed by atoms with van der Waals surface area (Å²) in [6.45, 7) is 1.40. The van der Waals surface area contributed by atoms with Crippen molar-refractivity contribution >= 4 is 29.0 Å². The van der Waals surface area contributed by atoms with Gasteiger partial charge in [0.05, 0.1) is 9.95 Å². The number of carbonyl (C=O) groups excluding carboxylic acids is 2. The van der Waals surface area contributed by atoms with E-state index in [1.165, 1.54) is 44.3 Å². The maximum Gasteiger partial charge on any atom is 0.312 e. The van der Waals surface area contributed by atoms with Crippen molar-refractivity contribution in [3.05, 3.63) is 62.7 Å². The fourth-order valence-electron chi connectivity index (χ4n) is 1.95. The summed E-state index contributed by atoms with van der Waals surface area (Å²) in [6.07, 6.45) is 0. The van der Waals surface area contributed by atoms with Crippen molar-refractivity contribution in [2.75, 3.05) is 7.05 Å². The quantitative estimate of drug-likeness (QED) is 0.505. The molecular weight excluding hydrogens is 336 g/mol. The molecule has 24 heavy (non-hydrogen) atoms. The van der Waals surface area contributed by atoms with Crippen molar-refractivity contribution in [3.8, 4) is 11.5 Å². The average molecular weight is 349 g/mol. The largest absolute Gasteiger partial charge is 0.449 e. The number of ether oxygens (including phenoxy) is 1. The van der Waals surface area contributed by atoms with Gasteiger partial charge >= 0.3 is 5.69 Å². The second-order valence-corrected chi connectivity index (χ2v) is 5.23. The van der Waals surface area contributed by atoms with Gasteiger partial charge in [-0.3, -0.25) is 19.7 Å². The van der Waals surface area contributed by atoms with Crippen LogP contribution in [-0.4, -0.2) is 23.7 Å². The zero-order valence-electron chi connectivity index (χ0n) is 12.8. The van der Waals surface area contributed by atoms with Crippen LogP contribution in [0, 0.1) is 10.1 Å². The Kier molecular flexibility index (Phi) is 5.15. The lowest BCUT2D eigenvalue weighted by atomic mass is 10.1. The Balaban J connectivity index is 2.41. The van der Waals surface area contributed by atoms with Crippen LogP contribution in [0.2, 0.25) is 5.02 Å². The molecule has 0 saturated carbocycles. The molecule has 0 fully saturated rings. The molecule has 124 valence electrons. The zero-order valence-corrected chi connectivity index (χ0v) is 13.6. The number of hydrogen-bond donors (Lipinski definition) is 1. The lowest BCUT2D eigenvalue weighted by Crippen LogP contribution is -2.17. The van der Waals surface area contributed by atoms with Gasteiger partial charge in [0.1, 0.15) is 5.75 Å². The molecule has 0 aliphatic carbocycles. The second kappa shape index (κ2) is 7.10. The van der Waals surface area contributed by atoms with E-state index in [4.69, 9.17) is 16.3 Å². The minimum atomic E-state index is -0.653. The number of nitro groups is 1. The van der Waals surface area contributed by atoms with Crippen molar-refractivity contribution < 1.29 is 19.2 Å². The van der Waals surface area contributed by atoms with E-state index in [1.807, 2.05) is 0 Å². The van der Waals surface area contributed by atoms with Gasteiger partial charge in [-0.25, -0.2) is 0 Å². The van der Waals surface area contributed by atoms with Gasteiger partial charge < -0.3 is 10.1 Å². The minimum Gasteiger partial charge on any atom is -0.449 e. The molecule has 2 rings (SSSR count). The van der Waals surface area contributed by atoms with Crippen molar-refractivity contribution in [1.82, 2.24) is 5.32 Å². The summed E-state index contributed by atoms with van der Waals surface area (Å²) >= 11 is 6.05. The predicted octanol–water partition coefficient (Wildman–Crippen LogP) is 3.60. The summed E-state index contributed by atoms with van der Waals surface area (Å²) in [5, 5.41) is 13.8. The van der Waals surface area contributed by atoms with Crippen LogP contribution in [0.5, 0.6) is 11.5 Å². The normalized spacial score (nSPS) is 10.1. The molecule has 0 saturated heterocycles. The van der Waals surface area contributed by atoms with Crippen LogP contribution in [0.4, 0.5) is 5.69 Å². The molecule has 0 heterocycles. The van der Waals surface area contributed by atoms with Crippen LogP contribution >= 0.6 is 11.6 Å². The number of benzene rings is 2.